The van der Waals surface area contributed by atoms with Gasteiger partial charge in [-0.05, 0) is 31.9 Å². The first-order valence-electron chi connectivity index (χ1n) is 9.14. The molecule has 1 atom stereocenters. The van der Waals surface area contributed by atoms with Crippen molar-refractivity contribution in [1.29, 1.82) is 0 Å². The second-order valence-electron chi connectivity index (χ2n) is 6.59. The standard InChI is InChI=1S/C22H24N4OS/c1-5-14-26-20(18-12-7-6-8-13-18)24-25-22(26)28-17(4)21(27)23-19-15(2)10-9-11-16(19)3/h5-13,17H,1,14H2,2-4H3,(H,23,27)/t17-/m0/s1. The second-order valence-corrected chi connectivity index (χ2v) is 7.90. The van der Waals surface area contributed by atoms with Crippen molar-refractivity contribution in [2.45, 2.75) is 37.7 Å². The normalized spacial score (nSPS) is 11.8. The van der Waals surface area contributed by atoms with Crippen LogP contribution in [0.25, 0.3) is 11.4 Å². The Morgan fingerprint density at radius 2 is 1.82 bits per heavy atom. The van der Waals surface area contributed by atoms with Crippen molar-refractivity contribution < 1.29 is 4.79 Å². The minimum Gasteiger partial charge on any atom is -0.325 e. The molecule has 1 amide bonds. The molecule has 3 aromatic rings. The number of amides is 1. The van der Waals surface area contributed by atoms with Gasteiger partial charge in [0.25, 0.3) is 0 Å². The van der Waals surface area contributed by atoms with E-state index in [-0.39, 0.29) is 11.2 Å². The van der Waals surface area contributed by atoms with E-state index in [4.69, 9.17) is 0 Å². The van der Waals surface area contributed by atoms with E-state index in [1.807, 2.05) is 73.9 Å². The van der Waals surface area contributed by atoms with Gasteiger partial charge in [0.1, 0.15) is 0 Å². The number of allylic oxidation sites excluding steroid dienone is 1. The van der Waals surface area contributed by atoms with Gasteiger partial charge in [-0.2, -0.15) is 0 Å². The molecule has 1 aromatic heterocycles. The van der Waals surface area contributed by atoms with Crippen LogP contribution in [-0.2, 0) is 11.3 Å². The van der Waals surface area contributed by atoms with Gasteiger partial charge in [0, 0.05) is 17.8 Å². The number of rotatable bonds is 7. The molecule has 28 heavy (non-hydrogen) atoms. The van der Waals surface area contributed by atoms with Gasteiger partial charge in [0.15, 0.2) is 11.0 Å². The van der Waals surface area contributed by atoms with E-state index in [0.29, 0.717) is 11.7 Å². The minimum atomic E-state index is -0.324. The van der Waals surface area contributed by atoms with Gasteiger partial charge < -0.3 is 5.32 Å². The molecule has 0 unspecified atom stereocenters. The number of aromatic nitrogens is 3. The molecule has 0 saturated heterocycles. The van der Waals surface area contributed by atoms with Crippen molar-refractivity contribution in [3.05, 3.63) is 72.3 Å². The van der Waals surface area contributed by atoms with Crippen LogP contribution >= 0.6 is 11.8 Å². The van der Waals surface area contributed by atoms with E-state index < -0.39 is 0 Å². The highest BCUT2D eigenvalue weighted by Crippen LogP contribution is 2.28. The Labute approximate surface area is 169 Å². The topological polar surface area (TPSA) is 59.8 Å². The average molecular weight is 393 g/mol. The van der Waals surface area contributed by atoms with Crippen molar-refractivity contribution in [2.24, 2.45) is 0 Å². The van der Waals surface area contributed by atoms with E-state index in [2.05, 4.69) is 22.1 Å². The maximum Gasteiger partial charge on any atom is 0.237 e. The number of hydrogen-bond donors (Lipinski definition) is 1. The van der Waals surface area contributed by atoms with Gasteiger partial charge >= 0.3 is 0 Å². The van der Waals surface area contributed by atoms with E-state index in [1.54, 1.807) is 6.08 Å². The molecule has 0 aliphatic carbocycles. The molecule has 0 bridgehead atoms. The molecule has 6 heteroatoms. The number of carbonyl (C=O) groups excluding carboxylic acids is 1. The quantitative estimate of drug-likeness (QED) is 0.460. The molecule has 0 fully saturated rings. The van der Waals surface area contributed by atoms with Gasteiger partial charge in [-0.25, -0.2) is 0 Å². The smallest absolute Gasteiger partial charge is 0.237 e. The predicted molar refractivity (Wildman–Crippen MR) is 116 cm³/mol. The van der Waals surface area contributed by atoms with Gasteiger partial charge in [0.2, 0.25) is 5.91 Å². The third-order valence-electron chi connectivity index (χ3n) is 4.44. The zero-order valence-electron chi connectivity index (χ0n) is 16.3. The summed E-state index contributed by atoms with van der Waals surface area (Å²) in [6, 6.07) is 15.9. The van der Waals surface area contributed by atoms with E-state index in [1.165, 1.54) is 11.8 Å². The summed E-state index contributed by atoms with van der Waals surface area (Å²) in [5.74, 6) is 0.710. The van der Waals surface area contributed by atoms with Gasteiger partial charge in [-0.3, -0.25) is 9.36 Å². The molecule has 0 aliphatic rings. The monoisotopic (exact) mass is 392 g/mol. The molecule has 3 rings (SSSR count). The zero-order valence-corrected chi connectivity index (χ0v) is 17.2. The predicted octanol–water partition coefficient (Wildman–Crippen LogP) is 4.87. The lowest BCUT2D eigenvalue weighted by atomic mass is 10.1. The molecule has 2 aromatic carbocycles. The fourth-order valence-corrected chi connectivity index (χ4v) is 3.78. The lowest BCUT2D eigenvalue weighted by Gasteiger charge is -2.15. The van der Waals surface area contributed by atoms with E-state index in [9.17, 15) is 4.79 Å². The van der Waals surface area contributed by atoms with Gasteiger partial charge in [0.05, 0.1) is 5.25 Å². The lowest BCUT2D eigenvalue weighted by Crippen LogP contribution is -2.24. The number of benzene rings is 2. The lowest BCUT2D eigenvalue weighted by molar-refractivity contribution is -0.115. The van der Waals surface area contributed by atoms with Gasteiger partial charge in [-0.1, -0.05) is 66.4 Å². The first-order valence-corrected chi connectivity index (χ1v) is 10.0. The summed E-state index contributed by atoms with van der Waals surface area (Å²) in [5.41, 5.74) is 3.95. The summed E-state index contributed by atoms with van der Waals surface area (Å²) < 4.78 is 1.98. The molecule has 0 saturated carbocycles. The molecular weight excluding hydrogens is 368 g/mol. The number of anilines is 1. The first kappa shape index (κ1) is 19.9. The molecule has 0 spiro atoms. The van der Waals surface area contributed by atoms with Crippen molar-refractivity contribution >= 4 is 23.4 Å². The Morgan fingerprint density at radius 1 is 1.14 bits per heavy atom. The summed E-state index contributed by atoms with van der Waals surface area (Å²) in [4.78, 5) is 12.8. The number of aryl methyl sites for hydroxylation is 2. The number of carbonyl (C=O) groups is 1. The number of para-hydroxylation sites is 1. The molecule has 0 aliphatic heterocycles. The molecule has 1 N–H and O–H groups in total. The van der Waals surface area contributed by atoms with Crippen molar-refractivity contribution in [3.8, 4) is 11.4 Å². The maximum absolute atomic E-state index is 12.8. The van der Waals surface area contributed by atoms with Gasteiger partial charge in [-0.15, -0.1) is 16.8 Å². The summed E-state index contributed by atoms with van der Waals surface area (Å²) >= 11 is 1.39. The van der Waals surface area contributed by atoms with Crippen molar-refractivity contribution in [1.82, 2.24) is 14.8 Å². The van der Waals surface area contributed by atoms with Crippen LogP contribution in [0.3, 0.4) is 0 Å². The highest BCUT2D eigenvalue weighted by Gasteiger charge is 2.21. The van der Waals surface area contributed by atoms with Crippen molar-refractivity contribution in [3.63, 3.8) is 0 Å². The summed E-state index contributed by atoms with van der Waals surface area (Å²) in [6.45, 7) is 10.3. The van der Waals surface area contributed by atoms with Crippen LogP contribution in [0.2, 0.25) is 0 Å². The number of nitrogens with one attached hydrogen (secondary N) is 1. The highest BCUT2D eigenvalue weighted by molar-refractivity contribution is 8.00. The van der Waals surface area contributed by atoms with Crippen LogP contribution < -0.4 is 5.32 Å². The Bertz CT molecular complexity index is 961. The summed E-state index contributed by atoms with van der Waals surface area (Å²) in [7, 11) is 0. The molecule has 1 heterocycles. The fraction of sp³-hybridized carbons (Fsp3) is 0.227. The Hall–Kier alpha value is -2.86. The third kappa shape index (κ3) is 4.34. The van der Waals surface area contributed by atoms with Crippen LogP contribution in [0.5, 0.6) is 0 Å². The fourth-order valence-electron chi connectivity index (χ4n) is 2.92. The van der Waals surface area contributed by atoms with Crippen LogP contribution in [0.4, 0.5) is 5.69 Å². The van der Waals surface area contributed by atoms with Crippen LogP contribution in [0.15, 0.2) is 66.3 Å². The minimum absolute atomic E-state index is 0.0585. The molecule has 144 valence electrons. The average Bonchev–Trinajstić information content (AvgIpc) is 3.08. The Balaban J connectivity index is 1.80. The molecule has 5 nitrogen and oxygen atoms in total. The number of hydrogen-bond acceptors (Lipinski definition) is 4. The SMILES string of the molecule is C=CCn1c(S[C@@H](C)C(=O)Nc2c(C)cccc2C)nnc1-c1ccccc1. The largest absolute Gasteiger partial charge is 0.325 e. The third-order valence-corrected chi connectivity index (χ3v) is 5.52. The summed E-state index contributed by atoms with van der Waals surface area (Å²) in [5, 5.41) is 12.1. The van der Waals surface area contributed by atoms with Crippen LogP contribution in [-0.4, -0.2) is 25.9 Å². The van der Waals surface area contributed by atoms with E-state index in [0.717, 1.165) is 28.2 Å². The van der Waals surface area contributed by atoms with E-state index >= 15 is 0 Å². The first-order chi connectivity index (χ1) is 13.5. The molecule has 0 radical (unpaired) electrons. The van der Waals surface area contributed by atoms with Crippen LogP contribution in [0.1, 0.15) is 18.1 Å². The van der Waals surface area contributed by atoms with Crippen LogP contribution in [0, 0.1) is 13.8 Å². The Kier molecular flexibility index (Phi) is 6.31. The highest BCUT2D eigenvalue weighted by atomic mass is 32.2. The number of nitrogens with zero attached hydrogens (tertiary/aromatic N) is 3. The number of thioether (sulfide) groups is 1. The summed E-state index contributed by atoms with van der Waals surface area (Å²) in [6.07, 6.45) is 1.81. The zero-order chi connectivity index (χ0) is 20.1. The molecular formula is C22H24N4OS. The maximum atomic E-state index is 12.8. The second kappa shape index (κ2) is 8.89. The Morgan fingerprint density at radius 3 is 2.46 bits per heavy atom. The van der Waals surface area contributed by atoms with Crippen molar-refractivity contribution in [2.75, 3.05) is 5.32 Å².